The van der Waals surface area contributed by atoms with Crippen molar-refractivity contribution in [1.29, 1.82) is 0 Å². The summed E-state index contributed by atoms with van der Waals surface area (Å²) < 4.78 is 35.0. The van der Waals surface area contributed by atoms with Gasteiger partial charge >= 0.3 is 0 Å². The number of hydrogen-bond donors (Lipinski definition) is 2. The Balaban J connectivity index is 1.37. The maximum absolute atomic E-state index is 13.8. The van der Waals surface area contributed by atoms with Crippen LogP contribution in [0, 0.1) is 0 Å². The van der Waals surface area contributed by atoms with E-state index in [1.54, 1.807) is 31.3 Å². The number of carbonyl (C=O) groups excluding carboxylic acids is 1. The molecule has 3 heterocycles. The number of benzene rings is 2. The molecule has 11 heteroatoms. The predicted octanol–water partition coefficient (Wildman–Crippen LogP) is 3.62. The number of morpholine rings is 1. The van der Waals surface area contributed by atoms with E-state index in [-0.39, 0.29) is 18.3 Å². The highest BCUT2D eigenvalue weighted by atomic mass is 19.3. The molecule has 0 aliphatic carbocycles. The number of rotatable bonds is 7. The van der Waals surface area contributed by atoms with Crippen LogP contribution >= 0.6 is 0 Å². The summed E-state index contributed by atoms with van der Waals surface area (Å²) >= 11 is 0. The number of halogens is 2. The number of aromatic nitrogens is 4. The largest absolute Gasteiger partial charge is 0.354 e. The van der Waals surface area contributed by atoms with E-state index in [1.807, 2.05) is 35.2 Å². The fourth-order valence-corrected chi connectivity index (χ4v) is 4.28. The van der Waals surface area contributed by atoms with Crippen LogP contribution in [-0.2, 0) is 9.53 Å². The molecule has 5 rings (SSSR count). The van der Waals surface area contributed by atoms with Gasteiger partial charge < -0.3 is 20.3 Å². The molecule has 1 aliphatic rings. The molecular weight excluding hydrogens is 468 g/mol. The Bertz CT molecular complexity index is 1360. The molecule has 1 saturated heterocycles. The topological polar surface area (TPSA) is 97.2 Å². The number of amides is 1. The van der Waals surface area contributed by atoms with Crippen molar-refractivity contribution in [3.8, 4) is 11.3 Å². The summed E-state index contributed by atoms with van der Waals surface area (Å²) in [5.74, 6) is 0.230. The van der Waals surface area contributed by atoms with Gasteiger partial charge in [-0.2, -0.15) is 0 Å². The third-order valence-electron chi connectivity index (χ3n) is 5.93. The zero-order valence-electron chi connectivity index (χ0n) is 19.6. The number of hydrogen-bond acceptors (Lipinski definition) is 7. The van der Waals surface area contributed by atoms with Crippen molar-refractivity contribution < 1.29 is 18.3 Å². The second kappa shape index (κ2) is 10.3. The molecule has 1 fully saturated rings. The van der Waals surface area contributed by atoms with Crippen LogP contribution in [-0.4, -0.2) is 58.7 Å². The zero-order chi connectivity index (χ0) is 25.1. The maximum Gasteiger partial charge on any atom is 0.295 e. The molecule has 0 radical (unpaired) electrons. The zero-order valence-corrected chi connectivity index (χ0v) is 19.6. The molecule has 1 amide bonds. The Morgan fingerprint density at radius 2 is 1.97 bits per heavy atom. The van der Waals surface area contributed by atoms with Gasteiger partial charge in [-0.15, -0.1) is 0 Å². The summed E-state index contributed by atoms with van der Waals surface area (Å²) in [6.07, 6.45) is -1.89. The Kier molecular flexibility index (Phi) is 6.83. The van der Waals surface area contributed by atoms with E-state index >= 15 is 0 Å². The number of ether oxygens (including phenoxy) is 1. The van der Waals surface area contributed by atoms with Crippen molar-refractivity contribution in [3.05, 3.63) is 66.7 Å². The van der Waals surface area contributed by atoms with Gasteiger partial charge in [0.2, 0.25) is 5.91 Å². The van der Waals surface area contributed by atoms with Crippen LogP contribution in [0.2, 0.25) is 0 Å². The number of anilines is 2. The van der Waals surface area contributed by atoms with Crippen LogP contribution in [0.25, 0.3) is 22.3 Å². The van der Waals surface area contributed by atoms with Crippen molar-refractivity contribution in [2.75, 3.05) is 43.5 Å². The van der Waals surface area contributed by atoms with E-state index in [2.05, 4.69) is 25.6 Å². The molecule has 4 aromatic rings. The molecule has 1 atom stereocenters. The average molecular weight is 494 g/mol. The van der Waals surface area contributed by atoms with Crippen LogP contribution < -0.4 is 15.5 Å². The molecule has 9 nitrogen and oxygen atoms in total. The summed E-state index contributed by atoms with van der Waals surface area (Å²) in [6.45, 7) is 1.46. The van der Waals surface area contributed by atoms with E-state index < -0.39 is 12.7 Å². The van der Waals surface area contributed by atoms with E-state index in [0.29, 0.717) is 47.9 Å². The van der Waals surface area contributed by atoms with E-state index in [0.717, 1.165) is 5.56 Å². The highest BCUT2D eigenvalue weighted by Crippen LogP contribution is 2.31. The minimum atomic E-state index is -2.73. The Morgan fingerprint density at radius 3 is 2.75 bits per heavy atom. The van der Waals surface area contributed by atoms with Crippen LogP contribution in [0.3, 0.4) is 0 Å². The molecule has 0 bridgehead atoms. The Labute approximate surface area is 206 Å². The third kappa shape index (κ3) is 4.88. The van der Waals surface area contributed by atoms with Gasteiger partial charge in [-0.25, -0.2) is 23.7 Å². The van der Waals surface area contributed by atoms with E-state index in [9.17, 15) is 13.6 Å². The highest BCUT2D eigenvalue weighted by Gasteiger charge is 2.29. The van der Waals surface area contributed by atoms with Gasteiger partial charge in [0.25, 0.3) is 6.43 Å². The fraction of sp³-hybridized carbons (Fsp3) is 0.280. The normalized spacial score (nSPS) is 16.0. The van der Waals surface area contributed by atoms with Crippen molar-refractivity contribution in [2.45, 2.75) is 12.7 Å². The van der Waals surface area contributed by atoms with Crippen molar-refractivity contribution in [1.82, 2.24) is 24.8 Å². The van der Waals surface area contributed by atoms with Gasteiger partial charge in [0, 0.05) is 23.9 Å². The summed E-state index contributed by atoms with van der Waals surface area (Å²) in [6, 6.07) is 16.3. The third-order valence-corrected chi connectivity index (χ3v) is 5.93. The van der Waals surface area contributed by atoms with Gasteiger partial charge in [-0.3, -0.25) is 9.36 Å². The molecule has 2 aromatic heterocycles. The van der Waals surface area contributed by atoms with Crippen molar-refractivity contribution >= 4 is 28.4 Å². The smallest absolute Gasteiger partial charge is 0.295 e. The quantitative estimate of drug-likeness (QED) is 0.406. The number of imidazole rings is 1. The highest BCUT2D eigenvalue weighted by molar-refractivity contribution is 5.92. The molecule has 1 unspecified atom stereocenters. The monoisotopic (exact) mass is 493 g/mol. The van der Waals surface area contributed by atoms with E-state index in [4.69, 9.17) is 4.74 Å². The lowest BCUT2D eigenvalue weighted by Crippen LogP contribution is -2.41. The Hall–Kier alpha value is -3.96. The lowest BCUT2D eigenvalue weighted by molar-refractivity contribution is -0.115. The van der Waals surface area contributed by atoms with Gasteiger partial charge in [-0.05, 0) is 31.3 Å². The standard InChI is InChI=1S/C25H25F2N7O2/c1-28-13-22(35)31-17-8-6-16(7-9-17)19-12-21(30-15-29-19)33-10-11-36-23(14-33)34-20-5-3-2-4-18(20)32-25(34)24(26)27/h2-9,12,15,23-24,28H,10-11,13-14H2,1H3,(H,31,35). The average Bonchev–Trinajstić information content (AvgIpc) is 3.30. The first-order valence-electron chi connectivity index (χ1n) is 11.5. The number of para-hydroxylation sites is 2. The molecule has 2 aromatic carbocycles. The minimum absolute atomic E-state index is 0.128. The fourth-order valence-electron chi connectivity index (χ4n) is 4.28. The van der Waals surface area contributed by atoms with Gasteiger partial charge in [-0.1, -0.05) is 24.3 Å². The molecule has 0 spiro atoms. The Morgan fingerprint density at radius 1 is 1.17 bits per heavy atom. The number of nitrogens with one attached hydrogen (secondary N) is 2. The van der Waals surface area contributed by atoms with Gasteiger partial charge in [0.05, 0.1) is 36.4 Å². The summed E-state index contributed by atoms with van der Waals surface area (Å²) in [5.41, 5.74) is 3.35. The van der Waals surface area contributed by atoms with Crippen LogP contribution in [0.15, 0.2) is 60.9 Å². The lowest BCUT2D eigenvalue weighted by Gasteiger charge is -2.35. The van der Waals surface area contributed by atoms with Crippen molar-refractivity contribution in [2.24, 2.45) is 0 Å². The lowest BCUT2D eigenvalue weighted by atomic mass is 10.1. The number of nitrogens with zero attached hydrogens (tertiary/aromatic N) is 5. The van der Waals surface area contributed by atoms with Crippen LogP contribution in [0.4, 0.5) is 20.3 Å². The number of carbonyl (C=O) groups is 1. The molecule has 36 heavy (non-hydrogen) atoms. The maximum atomic E-state index is 13.8. The second-order valence-corrected chi connectivity index (χ2v) is 8.32. The molecule has 0 saturated carbocycles. The summed E-state index contributed by atoms with van der Waals surface area (Å²) in [4.78, 5) is 26.7. The second-order valence-electron chi connectivity index (χ2n) is 8.32. The summed E-state index contributed by atoms with van der Waals surface area (Å²) in [5, 5.41) is 5.62. The molecule has 1 aliphatic heterocycles. The first-order chi connectivity index (χ1) is 17.5. The van der Waals surface area contributed by atoms with Crippen LogP contribution in [0.1, 0.15) is 18.5 Å². The van der Waals surface area contributed by atoms with Gasteiger partial charge in [0.15, 0.2) is 12.1 Å². The van der Waals surface area contributed by atoms with Crippen molar-refractivity contribution in [3.63, 3.8) is 0 Å². The first kappa shape index (κ1) is 23.8. The molecule has 2 N–H and O–H groups in total. The molecule has 186 valence electrons. The van der Waals surface area contributed by atoms with Crippen LogP contribution in [0.5, 0.6) is 0 Å². The first-order valence-corrected chi connectivity index (χ1v) is 11.5. The predicted molar refractivity (Wildman–Crippen MR) is 132 cm³/mol. The number of likely N-dealkylation sites (N-methyl/N-ethyl adjacent to an activating group) is 1. The molecular formula is C25H25F2N7O2. The van der Waals surface area contributed by atoms with E-state index in [1.165, 1.54) is 10.9 Å². The summed E-state index contributed by atoms with van der Waals surface area (Å²) in [7, 11) is 1.71. The van der Waals surface area contributed by atoms with Gasteiger partial charge in [0.1, 0.15) is 12.1 Å². The number of fused-ring (bicyclic) bond motifs is 1. The number of alkyl halides is 2. The minimum Gasteiger partial charge on any atom is -0.354 e. The SMILES string of the molecule is CNCC(=O)Nc1ccc(-c2cc(N3CCOC(n4c(C(F)F)nc5ccccc54)C3)ncn2)cc1.